The molecule has 1 aliphatic rings. The quantitative estimate of drug-likeness (QED) is 0.739. The van der Waals surface area contributed by atoms with E-state index in [4.69, 9.17) is 27.9 Å². The second-order valence-corrected chi connectivity index (χ2v) is 6.82. The summed E-state index contributed by atoms with van der Waals surface area (Å²) in [6.07, 6.45) is 0.957. The van der Waals surface area contributed by atoms with E-state index in [2.05, 4.69) is 33.4 Å². The summed E-state index contributed by atoms with van der Waals surface area (Å²) >= 11 is 16.0. The molecule has 0 spiro atoms. The number of hydrogen-bond acceptors (Lipinski definition) is 2. The van der Waals surface area contributed by atoms with Gasteiger partial charge in [0.1, 0.15) is 5.75 Å². The maximum absolute atomic E-state index is 6.25. The van der Waals surface area contributed by atoms with Crippen molar-refractivity contribution in [2.24, 2.45) is 0 Å². The highest BCUT2D eigenvalue weighted by Crippen LogP contribution is 2.34. The number of aryl methyl sites for hydroxylation is 1. The van der Waals surface area contributed by atoms with Gasteiger partial charge >= 0.3 is 0 Å². The Balaban J connectivity index is 1.84. The van der Waals surface area contributed by atoms with Gasteiger partial charge in [0.25, 0.3) is 0 Å². The Morgan fingerprint density at radius 1 is 1.19 bits per heavy atom. The zero-order valence-electron chi connectivity index (χ0n) is 11.5. The molecule has 5 heteroatoms. The molecule has 1 heterocycles. The van der Waals surface area contributed by atoms with Gasteiger partial charge in [-0.05, 0) is 42.3 Å². The number of benzene rings is 2. The molecule has 0 aromatic heterocycles. The molecule has 0 fully saturated rings. The lowest BCUT2D eigenvalue weighted by molar-refractivity contribution is 0.354. The summed E-state index contributed by atoms with van der Waals surface area (Å²) in [6.45, 7) is 3.32. The van der Waals surface area contributed by atoms with Crippen LogP contribution < -0.4 is 10.1 Å². The van der Waals surface area contributed by atoms with Crippen LogP contribution >= 0.6 is 39.1 Å². The van der Waals surface area contributed by atoms with Crippen LogP contribution in [0.1, 0.15) is 16.7 Å². The topological polar surface area (TPSA) is 21.3 Å². The predicted molar refractivity (Wildman–Crippen MR) is 91.9 cm³/mol. The Morgan fingerprint density at radius 2 is 2.00 bits per heavy atom. The molecule has 3 rings (SSSR count). The van der Waals surface area contributed by atoms with E-state index in [9.17, 15) is 0 Å². The minimum absolute atomic E-state index is 0.640. The first-order valence-corrected chi connectivity index (χ1v) is 8.23. The van der Waals surface area contributed by atoms with Crippen LogP contribution in [0.3, 0.4) is 0 Å². The predicted octanol–water partition coefficient (Wildman–Crippen LogP) is 5.61. The highest BCUT2D eigenvalue weighted by atomic mass is 79.9. The number of ether oxygens (including phenoxy) is 1. The van der Waals surface area contributed by atoms with Crippen molar-refractivity contribution in [2.45, 2.75) is 19.9 Å². The Hall–Kier alpha value is -0.900. The second kappa shape index (κ2) is 6.07. The molecular weight excluding hydrogens is 373 g/mol. The number of nitrogens with one attached hydrogen (secondary N) is 1. The van der Waals surface area contributed by atoms with Crippen LogP contribution in [-0.2, 0) is 13.0 Å². The lowest BCUT2D eigenvalue weighted by Gasteiger charge is -2.13. The van der Waals surface area contributed by atoms with E-state index in [1.807, 2.05) is 19.1 Å². The average Bonchev–Trinajstić information content (AvgIpc) is 2.89. The van der Waals surface area contributed by atoms with E-state index >= 15 is 0 Å². The van der Waals surface area contributed by atoms with Crippen molar-refractivity contribution >= 4 is 44.8 Å². The first-order chi connectivity index (χ1) is 10.0. The maximum atomic E-state index is 6.25. The summed E-state index contributed by atoms with van der Waals surface area (Å²) in [6, 6.07) is 7.91. The SMILES string of the molecule is Cc1cc(Cl)c(NCc2cc(Br)cc3c2OCC3)cc1Cl. The Bertz CT molecular complexity index is 703. The third kappa shape index (κ3) is 3.15. The third-order valence-electron chi connectivity index (χ3n) is 3.54. The highest BCUT2D eigenvalue weighted by molar-refractivity contribution is 9.10. The molecule has 1 N–H and O–H groups in total. The Kier molecular flexibility index (Phi) is 4.34. The number of halogens is 3. The fourth-order valence-corrected chi connectivity index (χ4v) is 3.45. The fraction of sp³-hybridized carbons (Fsp3) is 0.250. The lowest BCUT2D eigenvalue weighted by atomic mass is 10.1. The van der Waals surface area contributed by atoms with E-state index in [-0.39, 0.29) is 0 Å². The summed E-state index contributed by atoms with van der Waals surface area (Å²) in [5.74, 6) is 0.986. The van der Waals surface area contributed by atoms with E-state index in [1.165, 1.54) is 5.56 Å². The van der Waals surface area contributed by atoms with Crippen LogP contribution in [0.4, 0.5) is 5.69 Å². The molecule has 0 bridgehead atoms. The molecule has 2 aromatic rings. The summed E-state index contributed by atoms with van der Waals surface area (Å²) in [5, 5.41) is 4.71. The molecule has 0 saturated carbocycles. The van der Waals surface area contributed by atoms with Crippen molar-refractivity contribution < 1.29 is 4.74 Å². The second-order valence-electron chi connectivity index (χ2n) is 5.09. The molecule has 0 unspecified atom stereocenters. The molecule has 110 valence electrons. The third-order valence-corrected chi connectivity index (χ3v) is 4.72. The largest absolute Gasteiger partial charge is 0.493 e. The molecule has 1 aliphatic heterocycles. The highest BCUT2D eigenvalue weighted by Gasteiger charge is 2.17. The van der Waals surface area contributed by atoms with Crippen molar-refractivity contribution in [2.75, 3.05) is 11.9 Å². The summed E-state index contributed by atoms with van der Waals surface area (Å²) in [4.78, 5) is 0. The van der Waals surface area contributed by atoms with Crippen molar-refractivity contribution in [3.63, 3.8) is 0 Å². The standard InChI is InChI=1S/C16H14BrCl2NO/c1-9-4-14(19)15(7-13(9)18)20-8-11-6-12(17)5-10-2-3-21-16(10)11/h4-7,20H,2-3,8H2,1H3. The van der Waals surface area contributed by atoms with Crippen molar-refractivity contribution in [1.29, 1.82) is 0 Å². The van der Waals surface area contributed by atoms with Crippen molar-refractivity contribution in [3.05, 3.63) is 55.5 Å². The van der Waals surface area contributed by atoms with Crippen LogP contribution in [0.25, 0.3) is 0 Å². The van der Waals surface area contributed by atoms with Crippen molar-refractivity contribution in [3.8, 4) is 5.75 Å². The van der Waals surface area contributed by atoms with Gasteiger partial charge in [0.2, 0.25) is 0 Å². The normalized spacial score (nSPS) is 13.0. The van der Waals surface area contributed by atoms with Crippen molar-refractivity contribution in [1.82, 2.24) is 0 Å². The van der Waals surface area contributed by atoms with E-state index < -0.39 is 0 Å². The van der Waals surface area contributed by atoms with Crippen LogP contribution in [0, 0.1) is 6.92 Å². The molecule has 0 radical (unpaired) electrons. The zero-order chi connectivity index (χ0) is 15.0. The molecule has 21 heavy (non-hydrogen) atoms. The average molecular weight is 387 g/mol. The van der Waals surface area contributed by atoms with Gasteiger partial charge in [-0.25, -0.2) is 0 Å². The monoisotopic (exact) mass is 385 g/mol. The number of fused-ring (bicyclic) bond motifs is 1. The number of anilines is 1. The lowest BCUT2D eigenvalue weighted by Crippen LogP contribution is -2.02. The number of rotatable bonds is 3. The first-order valence-electron chi connectivity index (χ1n) is 6.68. The van der Waals surface area contributed by atoms with Crippen LogP contribution in [0.5, 0.6) is 5.75 Å². The van der Waals surface area contributed by atoms with Crippen LogP contribution in [0.2, 0.25) is 10.0 Å². The molecule has 2 aromatic carbocycles. The molecule has 2 nitrogen and oxygen atoms in total. The van der Waals surface area contributed by atoms with Crippen LogP contribution in [-0.4, -0.2) is 6.61 Å². The van der Waals surface area contributed by atoms with E-state index in [0.717, 1.165) is 40.1 Å². The maximum Gasteiger partial charge on any atom is 0.127 e. The summed E-state index contributed by atoms with van der Waals surface area (Å²) in [7, 11) is 0. The van der Waals surface area contributed by atoms with Gasteiger partial charge in [-0.2, -0.15) is 0 Å². The van der Waals surface area contributed by atoms with Gasteiger partial charge in [-0.15, -0.1) is 0 Å². The summed E-state index contributed by atoms with van der Waals surface area (Å²) < 4.78 is 6.79. The molecule has 0 amide bonds. The minimum atomic E-state index is 0.640. The van der Waals surface area contributed by atoms with Gasteiger partial charge in [-0.1, -0.05) is 39.1 Å². The smallest absolute Gasteiger partial charge is 0.127 e. The van der Waals surface area contributed by atoms with Gasteiger partial charge in [0.15, 0.2) is 0 Å². The Morgan fingerprint density at radius 3 is 2.81 bits per heavy atom. The molecular formula is C16H14BrCl2NO. The fourth-order valence-electron chi connectivity index (χ4n) is 2.45. The van der Waals surface area contributed by atoms with Crippen LogP contribution in [0.15, 0.2) is 28.7 Å². The summed E-state index contributed by atoms with van der Waals surface area (Å²) in [5.41, 5.74) is 4.16. The number of hydrogen-bond donors (Lipinski definition) is 1. The molecule has 0 atom stereocenters. The van der Waals surface area contributed by atoms with Gasteiger partial charge < -0.3 is 10.1 Å². The Labute approximate surface area is 142 Å². The van der Waals surface area contributed by atoms with E-state index in [0.29, 0.717) is 16.6 Å². The molecule has 0 saturated heterocycles. The van der Waals surface area contributed by atoms with Gasteiger partial charge in [0.05, 0.1) is 17.3 Å². The van der Waals surface area contributed by atoms with E-state index in [1.54, 1.807) is 0 Å². The first kappa shape index (κ1) is 15.0. The van der Waals surface area contributed by atoms with Gasteiger partial charge in [-0.3, -0.25) is 0 Å². The minimum Gasteiger partial charge on any atom is -0.493 e. The van der Waals surface area contributed by atoms with Gasteiger partial charge in [0, 0.05) is 28.0 Å². The molecule has 0 aliphatic carbocycles. The zero-order valence-corrected chi connectivity index (χ0v) is 14.6.